The summed E-state index contributed by atoms with van der Waals surface area (Å²) in [4.78, 5) is 26.5. The highest BCUT2D eigenvalue weighted by Crippen LogP contribution is 2.29. The van der Waals surface area contributed by atoms with Gasteiger partial charge in [0, 0.05) is 37.7 Å². The van der Waals surface area contributed by atoms with E-state index in [0.29, 0.717) is 32.0 Å². The van der Waals surface area contributed by atoms with Gasteiger partial charge in [0.2, 0.25) is 11.8 Å². The molecule has 4 rings (SSSR count). The fourth-order valence-electron chi connectivity index (χ4n) is 4.12. The standard InChI is InChI=1S/C21H26N4O2/c26-20-18(7-4-10-22-20)21(27)25-11-8-16(9-12-25)19-14-17(23-24-19)13-15-5-2-1-3-6-15/h1-3,5-6,14,16,18H,4,7-13H2,(H,22,26)(H,23,24)/t18-/m0/s1. The number of benzene rings is 1. The Bertz CT molecular complexity index is 794. The number of piperidine rings is 2. The van der Waals surface area contributed by atoms with Crippen LogP contribution in [0.15, 0.2) is 36.4 Å². The van der Waals surface area contributed by atoms with Crippen molar-refractivity contribution in [1.82, 2.24) is 20.4 Å². The molecule has 2 fully saturated rings. The van der Waals surface area contributed by atoms with Crippen LogP contribution < -0.4 is 5.32 Å². The summed E-state index contributed by atoms with van der Waals surface area (Å²) < 4.78 is 0. The molecule has 142 valence electrons. The number of H-pyrrole nitrogens is 1. The second kappa shape index (κ2) is 7.94. The van der Waals surface area contributed by atoms with Crippen molar-refractivity contribution in [3.8, 4) is 0 Å². The molecule has 27 heavy (non-hydrogen) atoms. The molecule has 0 unspecified atom stereocenters. The van der Waals surface area contributed by atoms with Gasteiger partial charge in [-0.25, -0.2) is 0 Å². The third-order valence-electron chi connectivity index (χ3n) is 5.70. The maximum Gasteiger partial charge on any atom is 0.235 e. The van der Waals surface area contributed by atoms with E-state index < -0.39 is 5.92 Å². The van der Waals surface area contributed by atoms with Gasteiger partial charge in [-0.15, -0.1) is 0 Å². The number of aromatic amines is 1. The van der Waals surface area contributed by atoms with Crippen molar-refractivity contribution in [3.05, 3.63) is 53.3 Å². The van der Waals surface area contributed by atoms with E-state index in [9.17, 15) is 9.59 Å². The van der Waals surface area contributed by atoms with E-state index in [4.69, 9.17) is 0 Å². The lowest BCUT2D eigenvalue weighted by Gasteiger charge is -2.34. The monoisotopic (exact) mass is 366 g/mol. The average Bonchev–Trinajstić information content (AvgIpc) is 3.17. The number of nitrogens with zero attached hydrogens (tertiary/aromatic N) is 2. The SMILES string of the molecule is O=C1NCCC[C@@H]1C(=O)N1CCC(c2cc(Cc3ccccc3)[nH]n2)CC1. The molecule has 2 aliphatic rings. The zero-order valence-corrected chi connectivity index (χ0v) is 15.5. The highest BCUT2D eigenvalue weighted by Gasteiger charge is 2.34. The largest absolute Gasteiger partial charge is 0.355 e. The van der Waals surface area contributed by atoms with Crippen molar-refractivity contribution in [2.24, 2.45) is 5.92 Å². The van der Waals surface area contributed by atoms with Crippen LogP contribution in [0, 0.1) is 5.92 Å². The van der Waals surface area contributed by atoms with Crippen LogP contribution in [-0.4, -0.2) is 46.5 Å². The van der Waals surface area contributed by atoms with E-state index in [-0.39, 0.29) is 11.8 Å². The third-order valence-corrected chi connectivity index (χ3v) is 5.70. The van der Waals surface area contributed by atoms with E-state index >= 15 is 0 Å². The zero-order valence-electron chi connectivity index (χ0n) is 15.5. The lowest BCUT2D eigenvalue weighted by atomic mass is 9.91. The molecule has 0 saturated carbocycles. The van der Waals surface area contributed by atoms with Gasteiger partial charge in [0.25, 0.3) is 0 Å². The molecule has 2 N–H and O–H groups in total. The Morgan fingerprint density at radius 3 is 2.67 bits per heavy atom. The number of amides is 2. The highest BCUT2D eigenvalue weighted by atomic mass is 16.2. The van der Waals surface area contributed by atoms with E-state index in [2.05, 4.69) is 33.7 Å². The minimum Gasteiger partial charge on any atom is -0.355 e. The first kappa shape index (κ1) is 17.8. The zero-order chi connectivity index (χ0) is 18.6. The molecule has 1 aromatic carbocycles. The van der Waals surface area contributed by atoms with Gasteiger partial charge in [0.15, 0.2) is 0 Å². The number of rotatable bonds is 4. The van der Waals surface area contributed by atoms with E-state index in [1.807, 2.05) is 23.1 Å². The molecule has 1 aromatic heterocycles. The van der Waals surface area contributed by atoms with Gasteiger partial charge in [-0.3, -0.25) is 14.7 Å². The van der Waals surface area contributed by atoms with Crippen molar-refractivity contribution < 1.29 is 9.59 Å². The average molecular weight is 366 g/mol. The van der Waals surface area contributed by atoms with E-state index in [0.717, 1.165) is 37.1 Å². The van der Waals surface area contributed by atoms with Crippen molar-refractivity contribution in [3.63, 3.8) is 0 Å². The summed E-state index contributed by atoms with van der Waals surface area (Å²) in [5.41, 5.74) is 3.47. The summed E-state index contributed by atoms with van der Waals surface area (Å²) in [6.45, 7) is 2.09. The normalized spacial score (nSPS) is 21.1. The molecule has 2 amide bonds. The van der Waals surface area contributed by atoms with Crippen LogP contribution in [-0.2, 0) is 16.0 Å². The van der Waals surface area contributed by atoms with Crippen LogP contribution in [0.1, 0.15) is 48.6 Å². The van der Waals surface area contributed by atoms with Gasteiger partial charge in [0.1, 0.15) is 5.92 Å². The maximum absolute atomic E-state index is 12.7. The quantitative estimate of drug-likeness (QED) is 0.815. The van der Waals surface area contributed by atoms with Crippen LogP contribution in [0.3, 0.4) is 0 Å². The number of nitrogens with one attached hydrogen (secondary N) is 2. The molecular weight excluding hydrogens is 340 g/mol. The Hall–Kier alpha value is -2.63. The van der Waals surface area contributed by atoms with Crippen molar-refractivity contribution in [2.45, 2.75) is 38.0 Å². The molecule has 6 heteroatoms. The summed E-state index contributed by atoms with van der Waals surface area (Å²) >= 11 is 0. The maximum atomic E-state index is 12.7. The topological polar surface area (TPSA) is 78.1 Å². The Kier molecular flexibility index (Phi) is 5.23. The first-order valence-electron chi connectivity index (χ1n) is 9.85. The predicted octanol–water partition coefficient (Wildman–Crippen LogP) is 2.23. The van der Waals surface area contributed by atoms with Crippen LogP contribution in [0.4, 0.5) is 0 Å². The first-order chi connectivity index (χ1) is 13.2. The number of hydrogen-bond acceptors (Lipinski definition) is 3. The van der Waals surface area contributed by atoms with Crippen molar-refractivity contribution in [2.75, 3.05) is 19.6 Å². The summed E-state index contributed by atoms with van der Waals surface area (Å²) in [5.74, 6) is -0.225. The molecule has 2 saturated heterocycles. The highest BCUT2D eigenvalue weighted by molar-refractivity contribution is 6.00. The molecule has 3 heterocycles. The molecule has 0 radical (unpaired) electrons. The van der Waals surface area contributed by atoms with Gasteiger partial charge in [-0.2, -0.15) is 5.10 Å². The Labute approximate surface area is 159 Å². The smallest absolute Gasteiger partial charge is 0.235 e. The second-order valence-corrected chi connectivity index (χ2v) is 7.57. The molecule has 0 bridgehead atoms. The summed E-state index contributed by atoms with van der Waals surface area (Å²) in [7, 11) is 0. The summed E-state index contributed by atoms with van der Waals surface area (Å²) in [6, 6.07) is 12.5. The number of carbonyl (C=O) groups is 2. The van der Waals surface area contributed by atoms with Gasteiger partial charge in [-0.05, 0) is 37.3 Å². The molecule has 6 nitrogen and oxygen atoms in total. The minimum atomic E-state index is -0.488. The minimum absolute atomic E-state index is 0.00237. The van der Waals surface area contributed by atoms with Gasteiger partial charge in [0.05, 0.1) is 5.69 Å². The van der Waals surface area contributed by atoms with Gasteiger partial charge >= 0.3 is 0 Å². The molecular formula is C21H26N4O2. The predicted molar refractivity (Wildman–Crippen MR) is 102 cm³/mol. The number of hydrogen-bond donors (Lipinski definition) is 2. The molecule has 1 atom stereocenters. The van der Waals surface area contributed by atoms with Gasteiger partial charge < -0.3 is 10.2 Å². The molecule has 0 aliphatic carbocycles. The fraction of sp³-hybridized carbons (Fsp3) is 0.476. The first-order valence-corrected chi connectivity index (χ1v) is 9.85. The van der Waals surface area contributed by atoms with E-state index in [1.54, 1.807) is 0 Å². The molecule has 2 aliphatic heterocycles. The van der Waals surface area contributed by atoms with Crippen LogP contribution in [0.25, 0.3) is 0 Å². The van der Waals surface area contributed by atoms with Crippen molar-refractivity contribution >= 4 is 11.8 Å². The van der Waals surface area contributed by atoms with Gasteiger partial charge in [-0.1, -0.05) is 30.3 Å². The van der Waals surface area contributed by atoms with Crippen molar-refractivity contribution in [1.29, 1.82) is 0 Å². The number of likely N-dealkylation sites (tertiary alicyclic amines) is 1. The summed E-state index contributed by atoms with van der Waals surface area (Å²) in [6.07, 6.45) is 4.20. The van der Waals surface area contributed by atoms with E-state index in [1.165, 1.54) is 5.56 Å². The summed E-state index contributed by atoms with van der Waals surface area (Å²) in [5, 5.41) is 10.5. The lowest BCUT2D eigenvalue weighted by molar-refractivity contribution is -0.144. The Morgan fingerprint density at radius 2 is 1.93 bits per heavy atom. The second-order valence-electron chi connectivity index (χ2n) is 7.57. The Morgan fingerprint density at radius 1 is 1.15 bits per heavy atom. The number of aromatic nitrogens is 2. The lowest BCUT2D eigenvalue weighted by Crippen LogP contribution is -2.48. The third kappa shape index (κ3) is 4.04. The van der Waals surface area contributed by atoms with Crippen LogP contribution >= 0.6 is 0 Å². The Balaban J connectivity index is 1.33. The van der Waals surface area contributed by atoms with Crippen LogP contribution in [0.5, 0.6) is 0 Å². The number of carbonyl (C=O) groups excluding carboxylic acids is 2. The molecule has 0 spiro atoms. The van der Waals surface area contributed by atoms with Crippen LogP contribution in [0.2, 0.25) is 0 Å². The fourth-order valence-corrected chi connectivity index (χ4v) is 4.12. The molecule has 2 aromatic rings.